The van der Waals surface area contributed by atoms with E-state index in [1.165, 1.54) is 12.1 Å². The summed E-state index contributed by atoms with van der Waals surface area (Å²) in [5.41, 5.74) is 4.10. The van der Waals surface area contributed by atoms with Crippen LogP contribution in [-0.2, 0) is 6.42 Å². The van der Waals surface area contributed by atoms with E-state index in [2.05, 4.69) is 31.6 Å². The van der Waals surface area contributed by atoms with E-state index < -0.39 is 11.6 Å². The maximum absolute atomic E-state index is 14.0. The Morgan fingerprint density at radius 1 is 1.13 bits per heavy atom. The number of hydrogen-bond acceptors (Lipinski definition) is 6. The molecular formula is C22H17F2N5OS. The average molecular weight is 437 g/mol. The number of hydrogen-bond donors (Lipinski definition) is 2. The summed E-state index contributed by atoms with van der Waals surface area (Å²) >= 11 is 1.05. The number of aliphatic hydroxyl groups is 1. The molecule has 0 unspecified atom stereocenters. The number of aliphatic hydroxyl groups excluding tert-OH is 1. The number of rotatable bonds is 5. The lowest BCUT2D eigenvalue weighted by molar-refractivity contribution is 0.350. The van der Waals surface area contributed by atoms with E-state index in [4.69, 9.17) is 5.11 Å². The Morgan fingerprint density at radius 2 is 2.00 bits per heavy atom. The van der Waals surface area contributed by atoms with Crippen molar-refractivity contribution >= 4 is 23.3 Å². The van der Waals surface area contributed by atoms with Crippen molar-refractivity contribution < 1.29 is 13.9 Å². The quantitative estimate of drug-likeness (QED) is 0.362. The Kier molecular flexibility index (Phi) is 6.11. The summed E-state index contributed by atoms with van der Waals surface area (Å²) in [6, 6.07) is 8.96. The molecule has 4 aromatic rings. The first-order valence-corrected chi connectivity index (χ1v) is 10.2. The van der Waals surface area contributed by atoms with E-state index in [0.29, 0.717) is 29.1 Å². The molecule has 2 N–H and O–H groups in total. The van der Waals surface area contributed by atoms with Crippen LogP contribution in [0.2, 0.25) is 0 Å². The number of anilines is 1. The van der Waals surface area contributed by atoms with Crippen LogP contribution in [0.4, 0.5) is 14.5 Å². The first-order chi connectivity index (χ1) is 15.1. The number of benzene rings is 1. The third-order valence-corrected chi connectivity index (χ3v) is 5.30. The molecule has 1 aromatic carbocycles. The maximum Gasteiger partial charge on any atom is 0.154 e. The van der Waals surface area contributed by atoms with Crippen molar-refractivity contribution in [1.29, 1.82) is 0 Å². The molecule has 3 aromatic heterocycles. The van der Waals surface area contributed by atoms with Crippen molar-refractivity contribution in [1.82, 2.24) is 19.6 Å². The number of aromatic nitrogens is 4. The highest BCUT2D eigenvalue weighted by atomic mass is 32.2. The number of nitrogens with one attached hydrogen (secondary N) is 1. The molecule has 156 valence electrons. The van der Waals surface area contributed by atoms with Gasteiger partial charge in [0, 0.05) is 17.8 Å². The van der Waals surface area contributed by atoms with Crippen molar-refractivity contribution in [2.45, 2.75) is 18.2 Å². The normalized spacial score (nSPS) is 10.7. The molecule has 0 aliphatic heterocycles. The summed E-state index contributed by atoms with van der Waals surface area (Å²) in [6.07, 6.45) is 3.98. The summed E-state index contributed by atoms with van der Waals surface area (Å²) < 4.78 is 31.8. The molecule has 31 heavy (non-hydrogen) atoms. The summed E-state index contributed by atoms with van der Waals surface area (Å²) in [4.78, 5) is 9.03. The van der Waals surface area contributed by atoms with Gasteiger partial charge in [-0.2, -0.15) is 5.10 Å². The first kappa shape index (κ1) is 20.8. The number of pyridine rings is 1. The van der Waals surface area contributed by atoms with Gasteiger partial charge in [0.1, 0.15) is 23.9 Å². The molecule has 6 nitrogen and oxygen atoms in total. The second-order valence-corrected chi connectivity index (χ2v) is 7.29. The molecular weight excluding hydrogens is 420 g/mol. The number of aryl methyl sites for hydroxylation is 1. The lowest BCUT2D eigenvalue weighted by Gasteiger charge is -2.12. The van der Waals surface area contributed by atoms with Gasteiger partial charge in [-0.05, 0) is 54.6 Å². The van der Waals surface area contributed by atoms with Crippen LogP contribution in [0.25, 0.3) is 16.9 Å². The van der Waals surface area contributed by atoms with Crippen LogP contribution in [0.1, 0.15) is 18.3 Å². The van der Waals surface area contributed by atoms with Crippen molar-refractivity contribution in [2.75, 3.05) is 11.3 Å². The molecule has 0 atom stereocenters. The Morgan fingerprint density at radius 3 is 2.77 bits per heavy atom. The third-order valence-electron chi connectivity index (χ3n) is 4.42. The minimum Gasteiger partial charge on any atom is -0.384 e. The Bertz CT molecular complexity index is 1310. The molecule has 9 heteroatoms. The molecule has 0 aliphatic carbocycles. The lowest BCUT2D eigenvalue weighted by Crippen LogP contribution is -2.00. The zero-order valence-corrected chi connectivity index (χ0v) is 17.2. The van der Waals surface area contributed by atoms with Gasteiger partial charge in [-0.1, -0.05) is 12.8 Å². The molecule has 0 amide bonds. The predicted molar refractivity (Wildman–Crippen MR) is 115 cm³/mol. The van der Waals surface area contributed by atoms with Crippen LogP contribution in [0, 0.1) is 23.5 Å². The van der Waals surface area contributed by atoms with Crippen molar-refractivity contribution in [3.63, 3.8) is 0 Å². The highest BCUT2D eigenvalue weighted by molar-refractivity contribution is 8.00. The zero-order chi connectivity index (χ0) is 21.8. The molecule has 0 radical (unpaired) electrons. The van der Waals surface area contributed by atoms with Gasteiger partial charge in [0.2, 0.25) is 0 Å². The van der Waals surface area contributed by atoms with E-state index in [0.717, 1.165) is 29.3 Å². The molecule has 0 saturated carbocycles. The Balaban J connectivity index is 1.66. The summed E-state index contributed by atoms with van der Waals surface area (Å²) in [5, 5.41) is 13.5. The summed E-state index contributed by atoms with van der Waals surface area (Å²) in [5.74, 6) is 4.15. The SMILES string of the molecule is CCc1ncc(-c2ccc3ncc(C#CCO)n3n2)cc1NSc1ccc(F)cc1F. The van der Waals surface area contributed by atoms with Crippen LogP contribution in [0.5, 0.6) is 0 Å². The fourth-order valence-corrected chi connectivity index (χ4v) is 3.60. The number of fused-ring (bicyclic) bond motifs is 1. The molecule has 4 rings (SSSR count). The Hall–Kier alpha value is -3.48. The smallest absolute Gasteiger partial charge is 0.154 e. The predicted octanol–water partition coefficient (Wildman–Crippen LogP) is 4.09. The van der Waals surface area contributed by atoms with Crippen LogP contribution >= 0.6 is 11.9 Å². The maximum atomic E-state index is 14.0. The van der Waals surface area contributed by atoms with E-state index in [1.807, 2.05) is 25.1 Å². The van der Waals surface area contributed by atoms with Crippen molar-refractivity contribution in [3.8, 4) is 23.1 Å². The standard InChI is InChI=1S/C22H17F2N5OS/c1-2-18-20(28-31-21-7-5-15(23)11-17(21)24)10-14(12-25-18)19-6-8-22-26-13-16(4-3-9-30)29(22)27-19/h5-8,10-13,28,30H,2,9H2,1H3. The fourth-order valence-electron chi connectivity index (χ4n) is 2.91. The van der Waals surface area contributed by atoms with Gasteiger partial charge in [0.25, 0.3) is 0 Å². The highest BCUT2D eigenvalue weighted by Crippen LogP contribution is 2.29. The number of imidazole rings is 1. The molecule has 0 saturated heterocycles. The fraction of sp³-hybridized carbons (Fsp3) is 0.136. The van der Waals surface area contributed by atoms with Crippen molar-refractivity contribution in [3.05, 3.63) is 71.8 Å². The van der Waals surface area contributed by atoms with Crippen LogP contribution in [0.15, 0.2) is 53.7 Å². The van der Waals surface area contributed by atoms with Gasteiger partial charge in [-0.15, -0.1) is 0 Å². The third kappa shape index (κ3) is 4.50. The lowest BCUT2D eigenvalue weighted by atomic mass is 10.1. The van der Waals surface area contributed by atoms with Crippen molar-refractivity contribution in [2.24, 2.45) is 0 Å². The highest BCUT2D eigenvalue weighted by Gasteiger charge is 2.11. The summed E-state index contributed by atoms with van der Waals surface area (Å²) in [6.45, 7) is 1.72. The van der Waals surface area contributed by atoms with Gasteiger partial charge >= 0.3 is 0 Å². The first-order valence-electron chi connectivity index (χ1n) is 9.40. The average Bonchev–Trinajstić information content (AvgIpc) is 3.19. The van der Waals surface area contributed by atoms with E-state index in [9.17, 15) is 8.78 Å². The van der Waals surface area contributed by atoms with E-state index >= 15 is 0 Å². The Labute approximate surface area is 181 Å². The van der Waals surface area contributed by atoms with Gasteiger partial charge in [-0.3, -0.25) is 4.98 Å². The topological polar surface area (TPSA) is 75.3 Å². The van der Waals surface area contributed by atoms with Gasteiger partial charge in [-0.25, -0.2) is 18.3 Å². The van der Waals surface area contributed by atoms with Crippen LogP contribution < -0.4 is 4.72 Å². The number of nitrogens with zero attached hydrogens (tertiary/aromatic N) is 4. The molecule has 0 fully saturated rings. The minimum atomic E-state index is -0.636. The summed E-state index contributed by atoms with van der Waals surface area (Å²) in [7, 11) is 0. The van der Waals surface area contributed by atoms with E-state index in [1.54, 1.807) is 16.9 Å². The molecule has 0 spiro atoms. The molecule has 0 aliphatic rings. The number of halogens is 2. The second-order valence-electron chi connectivity index (χ2n) is 6.44. The van der Waals surface area contributed by atoms with Gasteiger partial charge in [0.15, 0.2) is 5.65 Å². The molecule has 0 bridgehead atoms. The minimum absolute atomic E-state index is 0.253. The van der Waals surface area contributed by atoms with Crippen LogP contribution in [-0.4, -0.2) is 31.3 Å². The second kappa shape index (κ2) is 9.12. The van der Waals surface area contributed by atoms with E-state index in [-0.39, 0.29) is 11.5 Å². The van der Waals surface area contributed by atoms with Gasteiger partial charge < -0.3 is 9.83 Å². The van der Waals surface area contributed by atoms with Crippen LogP contribution in [0.3, 0.4) is 0 Å². The zero-order valence-electron chi connectivity index (χ0n) is 16.4. The molecule has 3 heterocycles. The largest absolute Gasteiger partial charge is 0.384 e. The van der Waals surface area contributed by atoms with Gasteiger partial charge in [0.05, 0.1) is 28.2 Å². The monoisotopic (exact) mass is 437 g/mol.